The number of aryl methyl sites for hydroxylation is 2. The lowest BCUT2D eigenvalue weighted by atomic mass is 10.1. The van der Waals surface area contributed by atoms with E-state index < -0.39 is 0 Å². The van der Waals surface area contributed by atoms with Gasteiger partial charge < -0.3 is 19.0 Å². The van der Waals surface area contributed by atoms with Gasteiger partial charge in [0, 0.05) is 0 Å². The van der Waals surface area contributed by atoms with Crippen LogP contribution in [0.3, 0.4) is 0 Å². The third kappa shape index (κ3) is 10.8. The molecule has 0 atom stereocenters. The number of nitrogens with zero attached hydrogens (tertiary/aromatic N) is 1. The zero-order valence-corrected chi connectivity index (χ0v) is 21.3. The zero-order valence-electron chi connectivity index (χ0n) is 21.3. The average molecular weight is 468 g/mol. The number of hydrogen-bond donors (Lipinski definition) is 0. The van der Waals surface area contributed by atoms with Crippen LogP contribution >= 0.6 is 0 Å². The molecule has 5 heteroatoms. The molecule has 2 rings (SSSR count). The Bertz CT molecular complexity index is 868. The van der Waals surface area contributed by atoms with E-state index in [-0.39, 0.29) is 0 Å². The topological polar surface area (TPSA) is 49.3 Å². The van der Waals surface area contributed by atoms with Gasteiger partial charge >= 0.3 is 0 Å². The number of benzene rings is 2. The third-order valence-corrected chi connectivity index (χ3v) is 5.48. The van der Waals surface area contributed by atoms with Crippen molar-refractivity contribution in [2.24, 2.45) is 5.16 Å². The molecule has 0 aliphatic carbocycles. The third-order valence-electron chi connectivity index (χ3n) is 5.48. The Balaban J connectivity index is 1.51. The van der Waals surface area contributed by atoms with Crippen LogP contribution in [0.4, 0.5) is 0 Å². The second kappa shape index (κ2) is 16.6. The summed E-state index contributed by atoms with van der Waals surface area (Å²) in [5.41, 5.74) is 3.24. The van der Waals surface area contributed by atoms with E-state index in [2.05, 4.69) is 31.1 Å². The number of oxime groups is 1. The largest absolute Gasteiger partial charge is 0.494 e. The summed E-state index contributed by atoms with van der Waals surface area (Å²) in [4.78, 5) is 4.72. The summed E-state index contributed by atoms with van der Waals surface area (Å²) in [5, 5.41) is 3.78. The van der Waals surface area contributed by atoms with Gasteiger partial charge in [-0.3, -0.25) is 0 Å². The molecule has 0 unspecified atom stereocenters. The molecule has 0 spiro atoms. The molecule has 0 N–H and O–H groups in total. The van der Waals surface area contributed by atoms with Crippen LogP contribution in [0.1, 0.15) is 68.6 Å². The van der Waals surface area contributed by atoms with E-state index >= 15 is 0 Å². The van der Waals surface area contributed by atoms with E-state index in [4.69, 9.17) is 19.0 Å². The molecule has 0 heterocycles. The first-order valence-electron chi connectivity index (χ1n) is 12.4. The summed E-state index contributed by atoms with van der Waals surface area (Å²) in [6.07, 6.45) is 14.0. The molecule has 0 saturated carbocycles. The number of ether oxygens (including phenoxy) is 3. The number of hydrogen-bond acceptors (Lipinski definition) is 5. The minimum Gasteiger partial charge on any atom is -0.494 e. The van der Waals surface area contributed by atoms with E-state index in [0.29, 0.717) is 6.61 Å². The molecule has 34 heavy (non-hydrogen) atoms. The highest BCUT2D eigenvalue weighted by Gasteiger charge is 2.07. The maximum absolute atomic E-state index is 6.08. The van der Waals surface area contributed by atoms with Crippen molar-refractivity contribution >= 4 is 6.21 Å². The van der Waals surface area contributed by atoms with Crippen LogP contribution in [0, 0.1) is 13.8 Å². The van der Waals surface area contributed by atoms with E-state index in [1.54, 1.807) is 6.21 Å². The molecule has 0 aliphatic rings. The van der Waals surface area contributed by atoms with Gasteiger partial charge in [0.2, 0.25) is 0 Å². The summed E-state index contributed by atoms with van der Waals surface area (Å²) in [7, 11) is 1.54. The van der Waals surface area contributed by atoms with Gasteiger partial charge in [0.25, 0.3) is 0 Å². The Kier molecular flexibility index (Phi) is 13.4. The molecule has 5 nitrogen and oxygen atoms in total. The fourth-order valence-corrected chi connectivity index (χ4v) is 3.71. The smallest absolute Gasteiger partial charge is 0.125 e. The molecule has 0 radical (unpaired) electrons. The van der Waals surface area contributed by atoms with Crippen molar-refractivity contribution in [2.45, 2.75) is 65.7 Å². The SMILES string of the molecule is C/C=C/COc1cc(C)c(OCCCCCCCCCOc2cccc(/C=N/OC)c2)c(C)c1. The second-order valence-corrected chi connectivity index (χ2v) is 8.43. The molecule has 186 valence electrons. The van der Waals surface area contributed by atoms with E-state index in [9.17, 15) is 0 Å². The predicted octanol–water partition coefficient (Wildman–Crippen LogP) is 7.43. The lowest BCUT2D eigenvalue weighted by Gasteiger charge is -2.14. The maximum Gasteiger partial charge on any atom is 0.125 e. The van der Waals surface area contributed by atoms with Crippen LogP contribution in [0.25, 0.3) is 0 Å². The second-order valence-electron chi connectivity index (χ2n) is 8.43. The first kappa shape index (κ1) is 27.3. The van der Waals surface area contributed by atoms with Crippen molar-refractivity contribution in [3.05, 3.63) is 65.2 Å². The van der Waals surface area contributed by atoms with Gasteiger partial charge in [-0.15, -0.1) is 0 Å². The van der Waals surface area contributed by atoms with E-state index in [1.807, 2.05) is 43.3 Å². The molecule has 2 aromatic rings. The number of rotatable bonds is 17. The van der Waals surface area contributed by atoms with Crippen LogP contribution in [-0.4, -0.2) is 33.1 Å². The molecule has 0 aromatic heterocycles. The van der Waals surface area contributed by atoms with Gasteiger partial charge in [-0.05, 0) is 74.6 Å². The molecule has 0 aliphatic heterocycles. The van der Waals surface area contributed by atoms with Gasteiger partial charge in [0.05, 0.1) is 19.4 Å². The normalized spacial score (nSPS) is 11.3. The summed E-state index contributed by atoms with van der Waals surface area (Å²) >= 11 is 0. The first-order chi connectivity index (χ1) is 16.6. The van der Waals surface area contributed by atoms with Crippen molar-refractivity contribution in [3.8, 4) is 17.2 Å². The quantitative estimate of drug-likeness (QED) is 0.105. The Morgan fingerprint density at radius 3 is 2.06 bits per heavy atom. The summed E-state index contributed by atoms with van der Waals surface area (Å²) < 4.78 is 17.7. The standard InChI is InChI=1S/C29H41NO4/c1-5-6-17-33-28-20-24(2)29(25(3)21-28)34-19-13-11-9-7-8-10-12-18-32-27-16-14-15-26(22-27)23-30-31-4/h5-6,14-16,20-23H,7-13,17-19H2,1-4H3/b6-5+,30-23+. The Hall–Kier alpha value is -2.95. The Morgan fingerprint density at radius 2 is 1.41 bits per heavy atom. The van der Waals surface area contributed by atoms with Crippen molar-refractivity contribution in [1.82, 2.24) is 0 Å². The van der Waals surface area contributed by atoms with Gasteiger partial charge in [-0.1, -0.05) is 61.5 Å². The monoisotopic (exact) mass is 467 g/mol. The van der Waals surface area contributed by atoms with Crippen molar-refractivity contribution in [2.75, 3.05) is 26.9 Å². The molecule has 0 bridgehead atoms. The zero-order chi connectivity index (χ0) is 24.4. The van der Waals surface area contributed by atoms with Crippen molar-refractivity contribution in [3.63, 3.8) is 0 Å². The molecular formula is C29H41NO4. The highest BCUT2D eigenvalue weighted by Crippen LogP contribution is 2.28. The van der Waals surface area contributed by atoms with Gasteiger partial charge in [-0.2, -0.15) is 0 Å². The number of allylic oxidation sites excluding steroid dienone is 1. The molecule has 2 aromatic carbocycles. The fraction of sp³-hybridized carbons (Fsp3) is 0.483. The van der Waals surface area contributed by atoms with E-state index in [1.165, 1.54) is 39.2 Å². The highest BCUT2D eigenvalue weighted by atomic mass is 16.6. The van der Waals surface area contributed by atoms with Gasteiger partial charge in [0.1, 0.15) is 31.0 Å². The summed E-state index contributed by atoms with van der Waals surface area (Å²) in [6.45, 7) is 8.28. The van der Waals surface area contributed by atoms with Crippen molar-refractivity contribution < 1.29 is 19.0 Å². The minimum absolute atomic E-state index is 0.599. The molecule has 0 saturated heterocycles. The van der Waals surface area contributed by atoms with Crippen LogP contribution in [-0.2, 0) is 4.84 Å². The Morgan fingerprint density at radius 1 is 0.765 bits per heavy atom. The predicted molar refractivity (Wildman–Crippen MR) is 141 cm³/mol. The van der Waals surface area contributed by atoms with E-state index in [0.717, 1.165) is 60.0 Å². The molecular weight excluding hydrogens is 426 g/mol. The lowest BCUT2D eigenvalue weighted by molar-refractivity contribution is 0.215. The van der Waals surface area contributed by atoms with Crippen LogP contribution < -0.4 is 14.2 Å². The van der Waals surface area contributed by atoms with Gasteiger partial charge in [-0.25, -0.2) is 0 Å². The minimum atomic E-state index is 0.599. The highest BCUT2D eigenvalue weighted by molar-refractivity contribution is 5.79. The van der Waals surface area contributed by atoms with Crippen molar-refractivity contribution in [1.29, 1.82) is 0 Å². The number of unbranched alkanes of at least 4 members (excludes halogenated alkanes) is 6. The summed E-state index contributed by atoms with van der Waals surface area (Å²) in [6, 6.07) is 12.0. The molecule has 0 fully saturated rings. The fourth-order valence-electron chi connectivity index (χ4n) is 3.71. The lowest BCUT2D eigenvalue weighted by Crippen LogP contribution is -2.02. The average Bonchev–Trinajstić information content (AvgIpc) is 2.83. The van der Waals surface area contributed by atoms with Gasteiger partial charge in [0.15, 0.2) is 0 Å². The van der Waals surface area contributed by atoms with Crippen LogP contribution in [0.2, 0.25) is 0 Å². The van der Waals surface area contributed by atoms with Crippen LogP contribution in [0.15, 0.2) is 53.7 Å². The summed E-state index contributed by atoms with van der Waals surface area (Å²) in [5.74, 6) is 2.77. The van der Waals surface area contributed by atoms with Crippen LogP contribution in [0.5, 0.6) is 17.2 Å². The first-order valence-corrected chi connectivity index (χ1v) is 12.4. The molecule has 0 amide bonds. The Labute approximate surface area is 205 Å². The maximum atomic E-state index is 6.08.